The first-order chi connectivity index (χ1) is 31.9. The number of rotatable bonds is 10. The Morgan fingerprint density at radius 1 is 0.836 bits per heavy atom. The van der Waals surface area contributed by atoms with Crippen molar-refractivity contribution in [2.45, 2.75) is 83.2 Å². The van der Waals surface area contributed by atoms with Crippen molar-refractivity contribution in [1.29, 1.82) is 0 Å². The van der Waals surface area contributed by atoms with E-state index in [1.54, 1.807) is 32.4 Å². The quantitative estimate of drug-likeness (QED) is 0.105. The average molecular weight is 936 g/mol. The molecule has 4 aromatic carbocycles. The summed E-state index contributed by atoms with van der Waals surface area (Å²) in [5.74, 6) is 0.643. The molecule has 2 N–H and O–H groups in total. The van der Waals surface area contributed by atoms with Gasteiger partial charge in [-0.2, -0.15) is 13.2 Å². The van der Waals surface area contributed by atoms with Crippen LogP contribution in [0.4, 0.5) is 18.0 Å². The number of fused-ring (bicyclic) bond motifs is 2. The van der Waals surface area contributed by atoms with Crippen molar-refractivity contribution in [3.63, 3.8) is 0 Å². The van der Waals surface area contributed by atoms with Crippen LogP contribution >= 0.6 is 11.6 Å². The number of nitrogens with zero attached hydrogens (tertiary/aromatic N) is 1. The molecule has 5 aromatic rings. The van der Waals surface area contributed by atoms with Gasteiger partial charge in [0.25, 0.3) is 0 Å². The molecule has 3 saturated carbocycles. The largest absolute Gasteiger partial charge is 0.497 e. The van der Waals surface area contributed by atoms with E-state index in [4.69, 9.17) is 30.2 Å². The fourth-order valence-corrected chi connectivity index (χ4v) is 13.5. The van der Waals surface area contributed by atoms with Crippen molar-refractivity contribution < 1.29 is 51.6 Å². The first-order valence-corrected chi connectivity index (χ1v) is 23.3. The van der Waals surface area contributed by atoms with Crippen LogP contribution in [0, 0.1) is 33.5 Å². The Bertz CT molecular complexity index is 2870. The van der Waals surface area contributed by atoms with Gasteiger partial charge >= 0.3 is 12.3 Å². The van der Waals surface area contributed by atoms with E-state index in [1.165, 1.54) is 17.0 Å². The van der Waals surface area contributed by atoms with Crippen LogP contribution in [0.15, 0.2) is 119 Å². The lowest BCUT2D eigenvalue weighted by Crippen LogP contribution is -2.67. The van der Waals surface area contributed by atoms with Gasteiger partial charge in [0.15, 0.2) is 5.76 Å². The molecule has 3 fully saturated rings. The van der Waals surface area contributed by atoms with Gasteiger partial charge in [0.05, 0.1) is 49.6 Å². The van der Waals surface area contributed by atoms with Crippen LogP contribution in [0.1, 0.15) is 80.5 Å². The normalized spacial score (nSPS) is 30.5. The molecule has 1 unspecified atom stereocenters. The van der Waals surface area contributed by atoms with Crippen LogP contribution in [0.25, 0.3) is 22.1 Å². The van der Waals surface area contributed by atoms with Crippen molar-refractivity contribution in [2.75, 3.05) is 20.8 Å². The number of hydrogen-bond acceptors (Lipinski definition) is 8. The highest BCUT2D eigenvalue weighted by Gasteiger charge is 2.74. The van der Waals surface area contributed by atoms with Gasteiger partial charge in [-0.05, 0) is 128 Å². The molecule has 13 heteroatoms. The number of benzene rings is 4. The zero-order chi connectivity index (χ0) is 47.3. The first-order valence-electron chi connectivity index (χ1n) is 22.9. The van der Waals surface area contributed by atoms with E-state index in [1.807, 2.05) is 48.5 Å². The number of halogens is 4. The van der Waals surface area contributed by atoms with Gasteiger partial charge in [0.1, 0.15) is 23.0 Å². The summed E-state index contributed by atoms with van der Waals surface area (Å²) in [6.07, 6.45) is 4.40. The van der Waals surface area contributed by atoms with E-state index in [9.17, 15) is 28.2 Å². The summed E-state index contributed by atoms with van der Waals surface area (Å²) in [6.45, 7) is 4.30. The van der Waals surface area contributed by atoms with Gasteiger partial charge in [-0.25, -0.2) is 4.79 Å². The van der Waals surface area contributed by atoms with E-state index in [0.29, 0.717) is 66.9 Å². The lowest BCUT2D eigenvalue weighted by molar-refractivity contribution is -0.175. The van der Waals surface area contributed by atoms with Gasteiger partial charge < -0.3 is 33.7 Å². The van der Waals surface area contributed by atoms with Crippen LogP contribution in [-0.4, -0.2) is 59.5 Å². The topological polar surface area (TPSA) is 119 Å². The molecule has 6 aliphatic rings. The van der Waals surface area contributed by atoms with Crippen molar-refractivity contribution in [2.24, 2.45) is 33.5 Å². The van der Waals surface area contributed by atoms with Crippen molar-refractivity contribution in [1.82, 2.24) is 4.90 Å². The molecule has 0 aliphatic heterocycles. The second-order valence-electron chi connectivity index (χ2n) is 19.9. The Hall–Kier alpha value is -5.56. The molecule has 67 heavy (non-hydrogen) atoms. The second kappa shape index (κ2) is 16.0. The van der Waals surface area contributed by atoms with Gasteiger partial charge in [-0.1, -0.05) is 74.0 Å². The summed E-state index contributed by atoms with van der Waals surface area (Å²) in [4.78, 5) is 31.5. The van der Waals surface area contributed by atoms with Gasteiger partial charge in [-0.15, -0.1) is 0 Å². The maximum atomic E-state index is 15.3. The molecule has 2 bridgehead atoms. The third-order valence-corrected chi connectivity index (χ3v) is 17.2. The maximum Gasteiger partial charge on any atom is 0.416 e. The molecule has 1 heterocycles. The highest BCUT2D eigenvalue weighted by Crippen LogP contribution is 2.78. The number of amides is 1. The van der Waals surface area contributed by atoms with E-state index in [-0.39, 0.29) is 52.4 Å². The second-order valence-corrected chi connectivity index (χ2v) is 20.3. The number of aliphatic hydroxyl groups excluding tert-OH is 1. The van der Waals surface area contributed by atoms with Crippen LogP contribution in [0.3, 0.4) is 0 Å². The number of methoxy groups -OCH3 is 2. The highest BCUT2D eigenvalue weighted by atomic mass is 35.5. The van der Waals surface area contributed by atoms with E-state index in [0.717, 1.165) is 35.4 Å². The molecule has 1 amide bonds. The summed E-state index contributed by atoms with van der Waals surface area (Å²) in [5, 5.41) is 26.5. The first kappa shape index (κ1) is 45.2. The van der Waals surface area contributed by atoms with Crippen molar-refractivity contribution in [3.05, 3.63) is 137 Å². The maximum absolute atomic E-state index is 15.3. The smallest absolute Gasteiger partial charge is 0.416 e. The monoisotopic (exact) mass is 935 g/mol. The fraction of sp³-hybridized carbons (Fsp3) is 0.407. The van der Waals surface area contributed by atoms with Crippen molar-refractivity contribution >= 4 is 34.2 Å². The Labute approximate surface area is 392 Å². The third-order valence-electron chi connectivity index (χ3n) is 16.8. The minimum Gasteiger partial charge on any atom is -0.497 e. The Kier molecular flexibility index (Phi) is 10.8. The molecule has 11 rings (SSSR count). The van der Waals surface area contributed by atoms with Crippen molar-refractivity contribution in [3.8, 4) is 28.6 Å². The zero-order valence-electron chi connectivity index (χ0n) is 37.8. The lowest BCUT2D eigenvalue weighted by atomic mass is 9.32. The molecule has 0 radical (unpaired) electrons. The predicted octanol–water partition coefficient (Wildman–Crippen LogP) is 12.3. The SMILES string of the molecule is COc1ccc(CN(C[C@]2(O)CC[C@H]3[C@]45C=C[C@@]6(C=C4C(=O)c4ccc(-c7cc(C(F)(F)F)ccc7Cl)o4)CC(O)CC[C@]6(C)[C@H]5CC[C@@]32C)C(=O)Oc2ccc3ccccc3c2)c(OC)c1. The summed E-state index contributed by atoms with van der Waals surface area (Å²) in [7, 11) is 3.11. The average Bonchev–Trinajstić information content (AvgIpc) is 3.90. The highest BCUT2D eigenvalue weighted by molar-refractivity contribution is 6.33. The molecule has 9 nitrogen and oxygen atoms in total. The minimum absolute atomic E-state index is 0.00856. The van der Waals surface area contributed by atoms with Gasteiger partial charge in [0.2, 0.25) is 5.78 Å². The van der Waals surface area contributed by atoms with Crippen LogP contribution in [0.2, 0.25) is 5.02 Å². The number of aliphatic hydroxyl groups is 2. The van der Waals surface area contributed by atoms with Crippen LogP contribution in [0.5, 0.6) is 17.2 Å². The molecular formula is C54H53ClF3NO8. The molecular weight excluding hydrogens is 883 g/mol. The summed E-state index contributed by atoms with van der Waals surface area (Å²) >= 11 is 6.43. The number of carbonyl (C=O) groups is 2. The van der Waals surface area contributed by atoms with Gasteiger partial charge in [0, 0.05) is 39.0 Å². The summed E-state index contributed by atoms with van der Waals surface area (Å²) in [6, 6.07) is 24.5. The minimum atomic E-state index is -4.62. The van der Waals surface area contributed by atoms with E-state index >= 15 is 4.79 Å². The van der Waals surface area contributed by atoms with E-state index < -0.39 is 51.6 Å². The number of alkyl halides is 3. The Balaban J connectivity index is 1.03. The predicted molar refractivity (Wildman–Crippen MR) is 247 cm³/mol. The zero-order valence-corrected chi connectivity index (χ0v) is 38.5. The fourth-order valence-electron chi connectivity index (χ4n) is 13.3. The number of hydrogen-bond donors (Lipinski definition) is 2. The Morgan fingerprint density at radius 3 is 2.33 bits per heavy atom. The molecule has 0 saturated heterocycles. The van der Waals surface area contributed by atoms with Crippen LogP contribution in [-0.2, 0) is 12.7 Å². The number of Topliss-reactive ketones (excluding diaryl/α,β-unsaturated/α-hetero) is 1. The molecule has 2 spiro atoms. The Morgan fingerprint density at radius 2 is 1.57 bits per heavy atom. The number of ketones is 1. The molecule has 1 aromatic heterocycles. The number of allylic oxidation sites excluding steroid dienone is 4. The summed E-state index contributed by atoms with van der Waals surface area (Å²) in [5.41, 5.74) is -3.91. The third kappa shape index (κ3) is 7.02. The summed E-state index contributed by atoms with van der Waals surface area (Å²) < 4.78 is 65.0. The van der Waals surface area contributed by atoms with Gasteiger partial charge in [-0.3, -0.25) is 4.79 Å². The number of ether oxygens (including phenoxy) is 3. The number of carbonyl (C=O) groups excluding carboxylic acids is 2. The van der Waals surface area contributed by atoms with E-state index in [2.05, 4.69) is 26.0 Å². The standard InChI is InChI=1S/C54H53ClF3NO8/c1-49-20-17-36(60)28-51(49)23-24-53(40(29-51)47(61)43-16-15-42(67-43)39-26-35(54(56,57)58)11-14-41(39)55)45(49)18-21-50(2)46(53)19-22-52(50,63)31-59(30-34-10-12-37(64-3)27-44(34)65-4)48(62)66-38-13-9-32-7-5-6-8-33(32)25-38/h5-16,23-27,29,36,45-46,60,63H,17-22,28,30-31H2,1-4H3/t36?,45-,46-,49-,50+,51+,52-,53-/m1/s1. The molecule has 350 valence electrons. The molecule has 6 aliphatic carbocycles. The lowest BCUT2D eigenvalue weighted by Gasteiger charge is -2.71. The van der Waals surface area contributed by atoms with Crippen LogP contribution < -0.4 is 14.2 Å². The number of furan rings is 1. The molecule has 8 atom stereocenters.